The van der Waals surface area contributed by atoms with E-state index in [-0.39, 0.29) is 32.9 Å². The molecule has 0 unspecified atom stereocenters. The van der Waals surface area contributed by atoms with E-state index < -0.39 is 12.3 Å². The number of thiophene rings is 1. The maximum absolute atomic E-state index is 13.8. The van der Waals surface area contributed by atoms with Crippen molar-refractivity contribution in [3.63, 3.8) is 0 Å². The summed E-state index contributed by atoms with van der Waals surface area (Å²) < 4.78 is 27.6. The number of fused-ring (bicyclic) bond motifs is 1. The van der Waals surface area contributed by atoms with Gasteiger partial charge in [-0.25, -0.2) is 13.8 Å². The third-order valence-electron chi connectivity index (χ3n) is 4.49. The Kier molecular flexibility index (Phi) is 5.61. The van der Waals surface area contributed by atoms with Gasteiger partial charge in [0.25, 0.3) is 12.3 Å². The number of nitrogens with one attached hydrogen (secondary N) is 1. The Balaban J connectivity index is 1.73. The van der Waals surface area contributed by atoms with E-state index in [0.717, 1.165) is 16.9 Å². The zero-order chi connectivity index (χ0) is 21.3. The van der Waals surface area contributed by atoms with Gasteiger partial charge in [-0.2, -0.15) is 0 Å². The van der Waals surface area contributed by atoms with Gasteiger partial charge in [0.2, 0.25) is 0 Å². The van der Waals surface area contributed by atoms with Gasteiger partial charge in [-0.3, -0.25) is 9.78 Å². The van der Waals surface area contributed by atoms with Gasteiger partial charge in [-0.15, -0.1) is 11.3 Å². The number of alkyl halides is 2. The molecule has 0 aliphatic rings. The van der Waals surface area contributed by atoms with Crippen LogP contribution in [0.25, 0.3) is 21.5 Å². The highest BCUT2D eigenvalue weighted by atomic mass is 35.5. The Bertz CT molecular complexity index is 1210. The quantitative estimate of drug-likeness (QED) is 0.428. The number of nitrogen functional groups attached to an aromatic ring is 1. The maximum atomic E-state index is 13.8. The molecule has 3 aromatic heterocycles. The Hall–Kier alpha value is -3.10. The van der Waals surface area contributed by atoms with Crippen LogP contribution < -0.4 is 11.1 Å². The van der Waals surface area contributed by atoms with Crippen LogP contribution in [0.2, 0.25) is 5.02 Å². The fourth-order valence-electron chi connectivity index (χ4n) is 3.02. The number of aromatic nitrogens is 2. The number of nitrogens with two attached hydrogens (primary N) is 1. The summed E-state index contributed by atoms with van der Waals surface area (Å²) in [5, 5.41) is 3.38. The van der Waals surface area contributed by atoms with E-state index in [0.29, 0.717) is 16.3 Å². The van der Waals surface area contributed by atoms with E-state index in [4.69, 9.17) is 17.3 Å². The number of nitrogens with zero attached hydrogens (tertiary/aromatic N) is 2. The lowest BCUT2D eigenvalue weighted by molar-refractivity contribution is 0.0955. The van der Waals surface area contributed by atoms with Gasteiger partial charge < -0.3 is 11.1 Å². The number of benzene rings is 1. The van der Waals surface area contributed by atoms with Crippen molar-refractivity contribution < 1.29 is 13.6 Å². The highest BCUT2D eigenvalue weighted by Crippen LogP contribution is 2.40. The fraction of sp³-hybridized carbons (Fsp3) is 0.0952. The summed E-state index contributed by atoms with van der Waals surface area (Å²) in [6.07, 6.45) is 0.485. The summed E-state index contributed by atoms with van der Waals surface area (Å²) in [7, 11) is 0. The normalized spacial score (nSPS) is 11.2. The number of anilines is 1. The minimum absolute atomic E-state index is 0.00384. The SMILES string of the molecule is Nc1c(C(=O)NCc2cccnc2)sc2nc(-c3ccc(Cl)cc3)cc(C(F)F)c12. The van der Waals surface area contributed by atoms with Gasteiger partial charge in [0, 0.05) is 40.5 Å². The molecule has 4 aromatic rings. The summed E-state index contributed by atoms with van der Waals surface area (Å²) >= 11 is 6.89. The van der Waals surface area contributed by atoms with Crippen LogP contribution in [0.15, 0.2) is 54.9 Å². The van der Waals surface area contributed by atoms with Gasteiger partial charge in [0.1, 0.15) is 9.71 Å². The topological polar surface area (TPSA) is 80.9 Å². The third-order valence-corrected chi connectivity index (χ3v) is 5.84. The molecule has 30 heavy (non-hydrogen) atoms. The number of pyridine rings is 2. The number of hydrogen-bond donors (Lipinski definition) is 2. The number of halogens is 3. The minimum Gasteiger partial charge on any atom is -0.397 e. The van der Waals surface area contributed by atoms with Crippen molar-refractivity contribution in [3.8, 4) is 11.3 Å². The maximum Gasteiger partial charge on any atom is 0.264 e. The molecule has 0 fully saturated rings. The van der Waals surface area contributed by atoms with Crippen molar-refractivity contribution in [1.82, 2.24) is 15.3 Å². The average molecular weight is 445 g/mol. The molecule has 0 atom stereocenters. The predicted molar refractivity (Wildman–Crippen MR) is 115 cm³/mol. The molecule has 0 aliphatic heterocycles. The van der Waals surface area contributed by atoms with E-state index in [9.17, 15) is 13.6 Å². The van der Waals surface area contributed by atoms with Crippen molar-refractivity contribution in [1.29, 1.82) is 0 Å². The molecule has 0 saturated heterocycles. The van der Waals surface area contributed by atoms with Crippen molar-refractivity contribution in [2.75, 3.05) is 5.73 Å². The first-order valence-electron chi connectivity index (χ1n) is 8.88. The molecular weight excluding hydrogens is 430 g/mol. The molecule has 0 spiro atoms. The van der Waals surface area contributed by atoms with Crippen molar-refractivity contribution in [2.24, 2.45) is 0 Å². The van der Waals surface area contributed by atoms with Gasteiger partial charge in [0.05, 0.1) is 11.4 Å². The first-order chi connectivity index (χ1) is 14.4. The predicted octanol–water partition coefficient (Wildman–Crippen LogP) is 5.46. The molecule has 0 saturated carbocycles. The van der Waals surface area contributed by atoms with Crippen LogP contribution in [0, 0.1) is 0 Å². The minimum atomic E-state index is -2.77. The number of amides is 1. The van der Waals surface area contributed by atoms with Crippen LogP contribution in [0.3, 0.4) is 0 Å². The summed E-state index contributed by atoms with van der Waals surface area (Å²) in [6, 6.07) is 11.6. The van der Waals surface area contributed by atoms with Gasteiger partial charge in [-0.05, 0) is 29.8 Å². The van der Waals surface area contributed by atoms with Gasteiger partial charge in [-0.1, -0.05) is 29.8 Å². The van der Waals surface area contributed by atoms with Crippen LogP contribution in [0.4, 0.5) is 14.5 Å². The molecule has 152 valence electrons. The zero-order valence-corrected chi connectivity index (χ0v) is 17.0. The molecule has 0 bridgehead atoms. The van der Waals surface area contributed by atoms with Gasteiger partial charge >= 0.3 is 0 Å². The number of carbonyl (C=O) groups excluding carboxylic acids is 1. The second kappa shape index (κ2) is 8.33. The largest absolute Gasteiger partial charge is 0.397 e. The highest BCUT2D eigenvalue weighted by Gasteiger charge is 2.24. The molecule has 0 aliphatic carbocycles. The second-order valence-corrected chi connectivity index (χ2v) is 7.91. The van der Waals surface area contributed by atoms with Crippen molar-refractivity contribution >= 4 is 44.7 Å². The molecule has 4 rings (SSSR count). The Morgan fingerprint density at radius 3 is 2.67 bits per heavy atom. The summed E-state index contributed by atoms with van der Waals surface area (Å²) in [4.78, 5) is 21.5. The summed E-state index contributed by atoms with van der Waals surface area (Å²) in [6.45, 7) is 0.242. The Labute approximate surface area is 179 Å². The molecular formula is C21H15ClF2N4OS. The number of carbonyl (C=O) groups is 1. The highest BCUT2D eigenvalue weighted by molar-refractivity contribution is 7.21. The standard InChI is InChI=1S/C21H15ClF2N4OS/c22-13-5-3-12(4-6-13)15-8-14(19(23)24)16-17(25)18(30-21(16)28-15)20(29)27-10-11-2-1-7-26-9-11/h1-9,19H,10,25H2,(H,27,29). The van der Waals surface area contributed by atoms with Crippen LogP contribution >= 0.6 is 22.9 Å². The number of rotatable bonds is 5. The molecule has 3 N–H and O–H groups in total. The van der Waals surface area contributed by atoms with Crippen LogP contribution in [0.1, 0.15) is 27.2 Å². The first-order valence-corrected chi connectivity index (χ1v) is 10.1. The molecule has 9 heteroatoms. The van der Waals surface area contributed by atoms with Crippen molar-refractivity contribution in [3.05, 3.63) is 75.9 Å². The third kappa shape index (κ3) is 3.96. The molecule has 5 nitrogen and oxygen atoms in total. The number of hydrogen-bond acceptors (Lipinski definition) is 5. The van der Waals surface area contributed by atoms with Crippen molar-refractivity contribution in [2.45, 2.75) is 13.0 Å². The van der Waals surface area contributed by atoms with E-state index in [1.165, 1.54) is 6.07 Å². The summed E-state index contributed by atoms with van der Waals surface area (Å²) in [5.74, 6) is -0.451. The van der Waals surface area contributed by atoms with Crippen LogP contribution in [0.5, 0.6) is 0 Å². The second-order valence-electron chi connectivity index (χ2n) is 6.47. The molecule has 3 heterocycles. The van der Waals surface area contributed by atoms with Gasteiger partial charge in [0.15, 0.2) is 0 Å². The first kappa shape index (κ1) is 20.2. The van der Waals surface area contributed by atoms with E-state index in [1.807, 2.05) is 6.07 Å². The van der Waals surface area contributed by atoms with Crippen LogP contribution in [-0.4, -0.2) is 15.9 Å². The monoisotopic (exact) mass is 444 g/mol. The molecule has 1 amide bonds. The molecule has 1 aromatic carbocycles. The lowest BCUT2D eigenvalue weighted by atomic mass is 10.1. The Morgan fingerprint density at radius 2 is 2.00 bits per heavy atom. The smallest absolute Gasteiger partial charge is 0.264 e. The summed E-state index contributed by atoms with van der Waals surface area (Å²) in [5.41, 5.74) is 7.65. The fourth-order valence-corrected chi connectivity index (χ4v) is 4.19. The Morgan fingerprint density at radius 1 is 1.23 bits per heavy atom. The van der Waals surface area contributed by atoms with E-state index in [2.05, 4.69) is 15.3 Å². The molecule has 0 radical (unpaired) electrons. The van der Waals surface area contributed by atoms with E-state index in [1.54, 1.807) is 42.7 Å². The average Bonchev–Trinajstić information content (AvgIpc) is 3.09. The zero-order valence-electron chi connectivity index (χ0n) is 15.4. The van der Waals surface area contributed by atoms with E-state index >= 15 is 0 Å². The van der Waals surface area contributed by atoms with Crippen LogP contribution in [-0.2, 0) is 6.54 Å². The lowest BCUT2D eigenvalue weighted by Crippen LogP contribution is -2.22. The lowest BCUT2D eigenvalue weighted by Gasteiger charge is -2.08.